The zero-order chi connectivity index (χ0) is 27.0. The van der Waals surface area contributed by atoms with E-state index in [1.54, 1.807) is 0 Å². The van der Waals surface area contributed by atoms with E-state index in [1.165, 1.54) is 70.6 Å². The minimum Gasteiger partial charge on any atom is -0.481 e. The molecule has 0 heterocycles. The molecule has 0 spiro atoms. The predicted octanol–water partition coefficient (Wildman–Crippen LogP) is 5.34. The van der Waals surface area contributed by atoms with Crippen LogP contribution in [0.15, 0.2) is 12.2 Å². The van der Waals surface area contributed by atoms with E-state index in [4.69, 9.17) is 34.9 Å². The Labute approximate surface area is 219 Å². The molecule has 0 rings (SSSR count). The number of aliphatic hydroxyl groups is 3. The molecule has 0 aliphatic carbocycles. The van der Waals surface area contributed by atoms with Crippen molar-refractivity contribution in [2.24, 2.45) is 0 Å². The van der Waals surface area contributed by atoms with Gasteiger partial charge in [-0.15, -0.1) is 0 Å². The Morgan fingerprint density at radius 1 is 0.611 bits per heavy atom. The summed E-state index contributed by atoms with van der Waals surface area (Å²) in [5.74, 6) is -0.664. The summed E-state index contributed by atoms with van der Waals surface area (Å²) in [6.07, 6.45) is 22.7. The largest absolute Gasteiger partial charge is 0.481 e. The molecule has 0 unspecified atom stereocenters. The Hall–Kier alpha value is -1.07. The molecule has 0 aliphatic heterocycles. The molecule has 216 valence electrons. The fourth-order valence-corrected chi connectivity index (χ4v) is 3.07. The summed E-state index contributed by atoms with van der Waals surface area (Å²) in [6.45, 7) is 3.16. The van der Waals surface area contributed by atoms with Crippen LogP contribution in [0.4, 0.5) is 0 Å². The van der Waals surface area contributed by atoms with E-state index in [-0.39, 0.29) is 39.6 Å². The second kappa shape index (κ2) is 33.9. The van der Waals surface area contributed by atoms with Crippen molar-refractivity contribution >= 4 is 5.97 Å². The van der Waals surface area contributed by atoms with Crippen LogP contribution in [0.5, 0.6) is 0 Å². The quantitative estimate of drug-likeness (QED) is 0.0643. The van der Waals surface area contributed by atoms with Crippen LogP contribution < -0.4 is 0 Å². The number of carboxylic acids is 1. The van der Waals surface area contributed by atoms with E-state index in [2.05, 4.69) is 19.1 Å². The number of carboxylic acid groups (broad SMARTS) is 1. The van der Waals surface area contributed by atoms with Gasteiger partial charge in [-0.3, -0.25) is 19.3 Å². The summed E-state index contributed by atoms with van der Waals surface area (Å²) in [5.41, 5.74) is 0. The lowest BCUT2D eigenvalue weighted by Crippen LogP contribution is -2.27. The number of rotatable bonds is 27. The average Bonchev–Trinajstić information content (AvgIpc) is 2.86. The zero-order valence-electron chi connectivity index (χ0n) is 22.8. The van der Waals surface area contributed by atoms with Crippen molar-refractivity contribution in [1.29, 1.82) is 0 Å². The second-order valence-electron chi connectivity index (χ2n) is 8.68. The molecule has 0 bridgehead atoms. The van der Waals surface area contributed by atoms with Gasteiger partial charge in [-0.25, -0.2) is 0 Å². The molecule has 0 aromatic rings. The fourth-order valence-electron chi connectivity index (χ4n) is 3.07. The van der Waals surface area contributed by atoms with Gasteiger partial charge in [0.1, 0.15) is 0 Å². The van der Waals surface area contributed by atoms with Crippen molar-refractivity contribution in [2.75, 3.05) is 39.6 Å². The normalized spacial score (nSPS) is 11.2. The fraction of sp³-hybridized carbons (Fsp3) is 0.889. The summed E-state index contributed by atoms with van der Waals surface area (Å²) >= 11 is 0. The number of hydrogen-bond acceptors (Lipinski definition) is 8. The number of nitrogens with zero attached hydrogens (tertiary/aromatic N) is 1. The first-order valence-electron chi connectivity index (χ1n) is 14.0. The topological polar surface area (TPSA) is 129 Å². The van der Waals surface area contributed by atoms with Crippen LogP contribution >= 0.6 is 0 Å². The first-order valence-corrected chi connectivity index (χ1v) is 14.0. The van der Waals surface area contributed by atoms with Gasteiger partial charge in [0, 0.05) is 26.2 Å². The predicted molar refractivity (Wildman–Crippen MR) is 142 cm³/mol. The number of unbranched alkanes of at least 4 members (excludes halogenated alkanes) is 11. The molecular formula is C27H55NO8. The standard InChI is InChI=1S/C18H34O2.C9H21NO6/c1-2-3-4-5-6-7-8-9-10-11-12-13-14-15-16-17-18(19)20;11-4-1-7-14-10(15-8-2-5-12)16-9-3-6-13/h9-10H,2-8,11-17H2,1H3,(H,19,20);11-13H,1-9H2. The van der Waals surface area contributed by atoms with Crippen molar-refractivity contribution in [3.8, 4) is 0 Å². The van der Waals surface area contributed by atoms with Crippen molar-refractivity contribution in [3.63, 3.8) is 0 Å². The van der Waals surface area contributed by atoms with E-state index in [1.807, 2.05) is 0 Å². The maximum atomic E-state index is 10.3. The molecule has 0 aliphatic rings. The number of hydrogen-bond donors (Lipinski definition) is 4. The van der Waals surface area contributed by atoms with E-state index < -0.39 is 5.97 Å². The van der Waals surface area contributed by atoms with Crippen LogP contribution in [0.25, 0.3) is 0 Å². The van der Waals surface area contributed by atoms with Gasteiger partial charge in [0.05, 0.1) is 25.2 Å². The summed E-state index contributed by atoms with van der Waals surface area (Å²) in [7, 11) is 0. The van der Waals surface area contributed by atoms with Crippen molar-refractivity contribution in [1.82, 2.24) is 5.39 Å². The third-order valence-electron chi connectivity index (χ3n) is 5.15. The van der Waals surface area contributed by atoms with Gasteiger partial charge in [-0.1, -0.05) is 70.4 Å². The van der Waals surface area contributed by atoms with E-state index in [0.717, 1.165) is 18.2 Å². The highest BCUT2D eigenvalue weighted by atomic mass is 17.2. The minimum atomic E-state index is -0.664. The first-order chi connectivity index (χ1) is 17.6. The Balaban J connectivity index is 0. The molecule has 36 heavy (non-hydrogen) atoms. The second-order valence-corrected chi connectivity index (χ2v) is 8.68. The molecule has 4 N–H and O–H groups in total. The molecule has 0 saturated carbocycles. The smallest absolute Gasteiger partial charge is 0.303 e. The molecule has 0 radical (unpaired) electrons. The van der Waals surface area contributed by atoms with Crippen LogP contribution in [-0.2, 0) is 19.3 Å². The van der Waals surface area contributed by atoms with Gasteiger partial charge in [0.15, 0.2) is 0 Å². The van der Waals surface area contributed by atoms with Gasteiger partial charge in [-0.05, 0) is 51.4 Å². The number of carbonyl (C=O) groups is 1. The van der Waals surface area contributed by atoms with Gasteiger partial charge in [0.25, 0.3) is 0 Å². The van der Waals surface area contributed by atoms with Gasteiger partial charge >= 0.3 is 5.97 Å². The average molecular weight is 522 g/mol. The van der Waals surface area contributed by atoms with Gasteiger partial charge in [-0.2, -0.15) is 0 Å². The minimum absolute atomic E-state index is 0.0289. The van der Waals surface area contributed by atoms with Gasteiger partial charge in [0.2, 0.25) is 0 Å². The lowest BCUT2D eigenvalue weighted by atomic mass is 10.1. The van der Waals surface area contributed by atoms with Crippen molar-refractivity contribution in [2.45, 2.75) is 116 Å². The third-order valence-corrected chi connectivity index (χ3v) is 5.15. The van der Waals surface area contributed by atoms with Crippen molar-refractivity contribution < 1.29 is 39.7 Å². The Morgan fingerprint density at radius 2 is 1.00 bits per heavy atom. The molecule has 0 fully saturated rings. The van der Waals surface area contributed by atoms with Crippen LogP contribution in [0.1, 0.15) is 116 Å². The summed E-state index contributed by atoms with van der Waals surface area (Å²) in [5, 5.41) is 35.1. The van der Waals surface area contributed by atoms with Crippen LogP contribution in [0.2, 0.25) is 0 Å². The number of allylic oxidation sites excluding steroid dienone is 2. The summed E-state index contributed by atoms with van der Waals surface area (Å²) < 4.78 is 0. The number of aliphatic carboxylic acids is 1. The lowest BCUT2D eigenvalue weighted by Gasteiger charge is -2.19. The Morgan fingerprint density at radius 3 is 1.39 bits per heavy atom. The molecule has 0 atom stereocenters. The van der Waals surface area contributed by atoms with Crippen molar-refractivity contribution in [3.05, 3.63) is 12.2 Å². The summed E-state index contributed by atoms with van der Waals surface area (Å²) in [4.78, 5) is 25.4. The maximum absolute atomic E-state index is 10.3. The monoisotopic (exact) mass is 521 g/mol. The molecule has 0 saturated heterocycles. The van der Waals surface area contributed by atoms with Gasteiger partial charge < -0.3 is 20.4 Å². The highest BCUT2D eigenvalue weighted by Gasteiger charge is 2.06. The van der Waals surface area contributed by atoms with E-state index >= 15 is 0 Å². The number of aliphatic hydroxyl groups excluding tert-OH is 3. The van der Waals surface area contributed by atoms with Crippen LogP contribution in [-0.4, -0.2) is 71.4 Å². The first kappa shape index (κ1) is 37.1. The third kappa shape index (κ3) is 35.1. The van der Waals surface area contributed by atoms with Crippen LogP contribution in [0.3, 0.4) is 0 Å². The molecule has 9 nitrogen and oxygen atoms in total. The molecule has 0 aromatic carbocycles. The molecular weight excluding hydrogens is 466 g/mol. The zero-order valence-corrected chi connectivity index (χ0v) is 22.8. The Bertz CT molecular complexity index is 428. The van der Waals surface area contributed by atoms with E-state index in [0.29, 0.717) is 25.7 Å². The van der Waals surface area contributed by atoms with Crippen LogP contribution in [0, 0.1) is 0 Å². The molecule has 0 amide bonds. The van der Waals surface area contributed by atoms with E-state index in [9.17, 15) is 4.79 Å². The summed E-state index contributed by atoms with van der Waals surface area (Å²) in [6, 6.07) is 0. The highest BCUT2D eigenvalue weighted by molar-refractivity contribution is 5.66. The lowest BCUT2D eigenvalue weighted by molar-refractivity contribution is -0.526. The highest BCUT2D eigenvalue weighted by Crippen LogP contribution is 2.09. The maximum Gasteiger partial charge on any atom is 0.303 e. The SMILES string of the molecule is CCCCCCCCC=CCCCCCCCC(=O)O.OCCCON(OCCCO)OCCCO. The molecule has 9 heteroatoms. The molecule has 0 aromatic heterocycles. The Kier molecular flexibility index (Phi) is 35.0.